The standard InChI is InChI=1S/C8H8.C4H14OSi2/c1-2-8-6-4-3-5-7-8;1-6(2)5-7(3)4/h2-7H,1H2;6-7H,1-4H3. The molecule has 1 aromatic rings. The lowest BCUT2D eigenvalue weighted by Crippen LogP contribution is -2.17. The van der Waals surface area contributed by atoms with Gasteiger partial charge in [0.25, 0.3) is 0 Å². The largest absolute Gasteiger partial charge is 0.461 e. The predicted molar refractivity (Wildman–Crippen MR) is 75.4 cm³/mol. The van der Waals surface area contributed by atoms with Gasteiger partial charge in [-0.05, 0) is 31.8 Å². The maximum Gasteiger partial charge on any atom is 0.156 e. The van der Waals surface area contributed by atoms with Crippen molar-refractivity contribution < 1.29 is 4.12 Å². The van der Waals surface area contributed by atoms with Crippen LogP contribution in [0.3, 0.4) is 0 Å². The maximum absolute atomic E-state index is 5.53. The Labute approximate surface area is 97.3 Å². The van der Waals surface area contributed by atoms with Crippen molar-refractivity contribution in [2.45, 2.75) is 26.2 Å². The van der Waals surface area contributed by atoms with Crippen molar-refractivity contribution in [1.82, 2.24) is 0 Å². The first-order valence-electron chi connectivity index (χ1n) is 5.39. The molecule has 0 spiro atoms. The minimum Gasteiger partial charge on any atom is -0.461 e. The van der Waals surface area contributed by atoms with E-state index in [1.165, 1.54) is 5.56 Å². The second-order valence-corrected chi connectivity index (χ2v) is 9.13. The Morgan fingerprint density at radius 1 is 1.00 bits per heavy atom. The SMILES string of the molecule is C=Cc1ccccc1.C[SiH](C)O[SiH](C)C. The molecule has 84 valence electrons. The highest BCUT2D eigenvalue weighted by molar-refractivity contribution is 6.63. The minimum absolute atomic E-state index is 0.667. The fourth-order valence-electron chi connectivity index (χ4n) is 1.13. The predicted octanol–water partition coefficient (Wildman–Crippen LogP) is 3.30. The van der Waals surface area contributed by atoms with Crippen molar-refractivity contribution in [3.8, 4) is 0 Å². The zero-order chi connectivity index (χ0) is 11.7. The van der Waals surface area contributed by atoms with Crippen LogP contribution in [0, 0.1) is 0 Å². The summed E-state index contributed by atoms with van der Waals surface area (Å²) in [5, 5.41) is 0. The minimum atomic E-state index is -0.667. The molecular formula is C12H22OSi2. The Balaban J connectivity index is 0.000000265. The molecule has 1 aromatic carbocycles. The van der Waals surface area contributed by atoms with Crippen LogP contribution in [0.25, 0.3) is 6.08 Å². The van der Waals surface area contributed by atoms with Crippen LogP contribution in [0.4, 0.5) is 0 Å². The van der Waals surface area contributed by atoms with E-state index in [2.05, 4.69) is 32.8 Å². The van der Waals surface area contributed by atoms with E-state index in [9.17, 15) is 0 Å². The van der Waals surface area contributed by atoms with Gasteiger partial charge in [0.2, 0.25) is 0 Å². The molecule has 0 aromatic heterocycles. The van der Waals surface area contributed by atoms with E-state index in [0.29, 0.717) is 0 Å². The van der Waals surface area contributed by atoms with E-state index >= 15 is 0 Å². The van der Waals surface area contributed by atoms with E-state index in [1.807, 2.05) is 36.4 Å². The first-order valence-corrected chi connectivity index (χ1v) is 11.0. The first kappa shape index (κ1) is 14.4. The van der Waals surface area contributed by atoms with Crippen molar-refractivity contribution in [2.75, 3.05) is 0 Å². The summed E-state index contributed by atoms with van der Waals surface area (Å²) < 4.78 is 5.53. The van der Waals surface area contributed by atoms with Crippen LogP contribution < -0.4 is 0 Å². The summed E-state index contributed by atoms with van der Waals surface area (Å²) in [5.74, 6) is 0. The molecule has 1 rings (SSSR count). The normalized spacial score (nSPS) is 9.73. The first-order chi connectivity index (χ1) is 7.06. The van der Waals surface area contributed by atoms with Gasteiger partial charge < -0.3 is 4.12 Å². The van der Waals surface area contributed by atoms with Crippen LogP contribution in [0.15, 0.2) is 36.9 Å². The molecule has 0 saturated heterocycles. The highest BCUT2D eigenvalue weighted by Crippen LogP contribution is 1.97. The summed E-state index contributed by atoms with van der Waals surface area (Å²) in [5.41, 5.74) is 1.17. The molecule has 0 heterocycles. The molecule has 0 radical (unpaired) electrons. The van der Waals surface area contributed by atoms with E-state index < -0.39 is 18.1 Å². The van der Waals surface area contributed by atoms with Crippen molar-refractivity contribution in [2.24, 2.45) is 0 Å². The third kappa shape index (κ3) is 9.65. The zero-order valence-electron chi connectivity index (χ0n) is 10.2. The third-order valence-corrected chi connectivity index (χ3v) is 5.93. The molecule has 1 nitrogen and oxygen atoms in total. The van der Waals surface area contributed by atoms with Gasteiger partial charge in [0.1, 0.15) is 0 Å². The van der Waals surface area contributed by atoms with Crippen LogP contribution in [-0.4, -0.2) is 18.1 Å². The molecule has 0 atom stereocenters. The molecule has 0 aliphatic heterocycles. The van der Waals surface area contributed by atoms with E-state index in [4.69, 9.17) is 4.12 Å². The second kappa shape index (κ2) is 8.65. The van der Waals surface area contributed by atoms with Gasteiger partial charge in [-0.2, -0.15) is 0 Å². The fraction of sp³-hybridized carbons (Fsp3) is 0.333. The molecular weight excluding hydrogens is 216 g/mol. The lowest BCUT2D eigenvalue weighted by Gasteiger charge is -2.07. The quantitative estimate of drug-likeness (QED) is 0.734. The summed E-state index contributed by atoms with van der Waals surface area (Å²) >= 11 is 0. The molecule has 0 aliphatic carbocycles. The van der Waals surface area contributed by atoms with Gasteiger partial charge in [-0.3, -0.25) is 0 Å². The van der Waals surface area contributed by atoms with Gasteiger partial charge in [0, 0.05) is 0 Å². The number of hydrogen-bond acceptors (Lipinski definition) is 1. The monoisotopic (exact) mass is 238 g/mol. The number of hydrogen-bond donors (Lipinski definition) is 0. The summed E-state index contributed by atoms with van der Waals surface area (Å²) in [6.07, 6.45) is 1.83. The highest BCUT2D eigenvalue weighted by atomic mass is 28.4. The van der Waals surface area contributed by atoms with Crippen LogP contribution in [-0.2, 0) is 4.12 Å². The Morgan fingerprint density at radius 2 is 1.47 bits per heavy atom. The average molecular weight is 238 g/mol. The number of rotatable bonds is 3. The van der Waals surface area contributed by atoms with Gasteiger partial charge in [-0.1, -0.05) is 43.0 Å². The van der Waals surface area contributed by atoms with E-state index in [0.717, 1.165) is 0 Å². The van der Waals surface area contributed by atoms with Crippen molar-refractivity contribution in [3.63, 3.8) is 0 Å². The van der Waals surface area contributed by atoms with E-state index in [-0.39, 0.29) is 0 Å². The zero-order valence-corrected chi connectivity index (χ0v) is 12.5. The molecule has 0 unspecified atom stereocenters. The average Bonchev–Trinajstić information content (AvgIpc) is 2.18. The Morgan fingerprint density at radius 3 is 1.67 bits per heavy atom. The molecule has 3 heteroatoms. The molecule has 0 amide bonds. The van der Waals surface area contributed by atoms with Crippen LogP contribution in [0.1, 0.15) is 5.56 Å². The summed E-state index contributed by atoms with van der Waals surface area (Å²) in [6, 6.07) is 10.0. The Kier molecular flexibility index (Phi) is 8.27. The Bertz CT molecular complexity index is 252. The lowest BCUT2D eigenvalue weighted by molar-refractivity contribution is 0.608. The smallest absolute Gasteiger partial charge is 0.156 e. The van der Waals surface area contributed by atoms with Gasteiger partial charge in [-0.25, -0.2) is 0 Å². The van der Waals surface area contributed by atoms with Gasteiger partial charge in [-0.15, -0.1) is 0 Å². The van der Waals surface area contributed by atoms with Crippen molar-refractivity contribution in [3.05, 3.63) is 42.5 Å². The second-order valence-electron chi connectivity index (χ2n) is 3.85. The molecule has 0 saturated carbocycles. The number of benzene rings is 1. The van der Waals surface area contributed by atoms with Gasteiger partial charge in [0.05, 0.1) is 0 Å². The van der Waals surface area contributed by atoms with Crippen LogP contribution in [0.2, 0.25) is 26.2 Å². The molecule has 0 fully saturated rings. The molecule has 15 heavy (non-hydrogen) atoms. The lowest BCUT2D eigenvalue weighted by atomic mass is 10.2. The Hall–Kier alpha value is -0.646. The molecule has 0 N–H and O–H groups in total. The van der Waals surface area contributed by atoms with Crippen LogP contribution >= 0.6 is 0 Å². The van der Waals surface area contributed by atoms with Gasteiger partial charge >= 0.3 is 0 Å². The highest BCUT2D eigenvalue weighted by Gasteiger charge is 1.97. The van der Waals surface area contributed by atoms with Crippen LogP contribution in [0.5, 0.6) is 0 Å². The topological polar surface area (TPSA) is 9.23 Å². The molecule has 0 bridgehead atoms. The fourth-order valence-corrected chi connectivity index (χ4v) is 5.49. The summed E-state index contributed by atoms with van der Waals surface area (Å²) in [7, 11) is -1.33. The van der Waals surface area contributed by atoms with Crippen molar-refractivity contribution in [1.29, 1.82) is 0 Å². The summed E-state index contributed by atoms with van der Waals surface area (Å²) in [6.45, 7) is 12.5. The van der Waals surface area contributed by atoms with Gasteiger partial charge in [0.15, 0.2) is 18.1 Å². The third-order valence-electron chi connectivity index (χ3n) is 1.58. The summed E-state index contributed by atoms with van der Waals surface area (Å²) in [4.78, 5) is 0. The van der Waals surface area contributed by atoms with Crippen molar-refractivity contribution >= 4 is 24.2 Å². The maximum atomic E-state index is 5.53. The molecule has 0 aliphatic rings. The van der Waals surface area contributed by atoms with E-state index in [1.54, 1.807) is 0 Å².